The summed E-state index contributed by atoms with van der Waals surface area (Å²) in [6, 6.07) is 0. The minimum atomic E-state index is -0.982. The van der Waals surface area contributed by atoms with Crippen molar-refractivity contribution in [3.63, 3.8) is 0 Å². The van der Waals surface area contributed by atoms with E-state index >= 15 is 0 Å². The molecule has 8 nitrogen and oxygen atoms in total. The van der Waals surface area contributed by atoms with E-state index in [0.717, 1.165) is 0 Å². The molecular formula is C11H16N6O2. The number of hydrogen-bond acceptors (Lipinski definition) is 5. The Morgan fingerprint density at radius 3 is 2.74 bits per heavy atom. The molecule has 2 rings (SSSR count). The molecule has 0 atom stereocenters. The lowest BCUT2D eigenvalue weighted by Gasteiger charge is -2.06. The summed E-state index contributed by atoms with van der Waals surface area (Å²) in [5.41, 5.74) is 0.699. The molecule has 2 N–H and O–H groups in total. The molecule has 0 aliphatic carbocycles. The van der Waals surface area contributed by atoms with Gasteiger partial charge >= 0.3 is 5.97 Å². The molecule has 0 spiro atoms. The van der Waals surface area contributed by atoms with Gasteiger partial charge in [0.1, 0.15) is 17.7 Å². The maximum atomic E-state index is 11.2. The van der Waals surface area contributed by atoms with E-state index in [-0.39, 0.29) is 5.56 Å². The molecule has 0 amide bonds. The predicted molar refractivity (Wildman–Crippen MR) is 68.1 cm³/mol. The normalized spacial score (nSPS) is 10.7. The van der Waals surface area contributed by atoms with Gasteiger partial charge in [0.05, 0.1) is 5.69 Å². The largest absolute Gasteiger partial charge is 0.477 e. The van der Waals surface area contributed by atoms with E-state index in [4.69, 9.17) is 5.11 Å². The molecule has 0 bridgehead atoms. The van der Waals surface area contributed by atoms with Crippen molar-refractivity contribution in [2.75, 3.05) is 11.9 Å². The Morgan fingerprint density at radius 1 is 1.42 bits per heavy atom. The quantitative estimate of drug-likeness (QED) is 0.801. The first-order valence-corrected chi connectivity index (χ1v) is 5.84. The summed E-state index contributed by atoms with van der Waals surface area (Å²) in [5, 5.41) is 20.5. The molecule has 0 aliphatic heterocycles. The molecule has 2 aromatic rings. The first-order valence-electron chi connectivity index (χ1n) is 5.84. The van der Waals surface area contributed by atoms with Gasteiger partial charge in [-0.1, -0.05) is 0 Å². The highest BCUT2D eigenvalue weighted by Gasteiger charge is 2.19. The van der Waals surface area contributed by atoms with Gasteiger partial charge in [-0.3, -0.25) is 9.36 Å². The second-order valence-corrected chi connectivity index (χ2v) is 4.25. The van der Waals surface area contributed by atoms with Crippen molar-refractivity contribution >= 4 is 11.8 Å². The number of aromatic nitrogens is 5. The smallest absolute Gasteiger partial charge is 0.341 e. The summed E-state index contributed by atoms with van der Waals surface area (Å²) in [6.07, 6.45) is 2.25. The Balaban J connectivity index is 2.05. The molecular weight excluding hydrogens is 248 g/mol. The molecule has 0 unspecified atom stereocenters. The molecule has 8 heteroatoms. The van der Waals surface area contributed by atoms with Crippen LogP contribution in [0.3, 0.4) is 0 Å². The van der Waals surface area contributed by atoms with E-state index in [0.29, 0.717) is 30.3 Å². The molecule has 102 valence electrons. The molecule has 2 aromatic heterocycles. The fourth-order valence-corrected chi connectivity index (χ4v) is 1.91. The lowest BCUT2D eigenvalue weighted by molar-refractivity contribution is 0.0697. The van der Waals surface area contributed by atoms with Gasteiger partial charge in [-0.2, -0.15) is 10.2 Å². The SMILES string of the molecule is Cc1nn(C)c(NCCc2ncn(C)n2)c1C(=O)O. The number of anilines is 1. The number of carboxylic acids is 1. The minimum absolute atomic E-state index is 0.205. The number of nitrogens with zero attached hydrogens (tertiary/aromatic N) is 5. The van der Waals surface area contributed by atoms with E-state index in [1.165, 1.54) is 4.68 Å². The number of hydrogen-bond donors (Lipinski definition) is 2. The van der Waals surface area contributed by atoms with Gasteiger partial charge in [-0.15, -0.1) is 0 Å². The highest BCUT2D eigenvalue weighted by atomic mass is 16.4. The van der Waals surface area contributed by atoms with E-state index < -0.39 is 5.97 Å². The number of carboxylic acid groups (broad SMARTS) is 1. The monoisotopic (exact) mass is 264 g/mol. The Hall–Kier alpha value is -2.38. The number of nitrogens with one attached hydrogen (secondary N) is 1. The third-order valence-electron chi connectivity index (χ3n) is 2.72. The molecule has 0 saturated carbocycles. The summed E-state index contributed by atoms with van der Waals surface area (Å²) in [5.74, 6) is 0.232. The fourth-order valence-electron chi connectivity index (χ4n) is 1.91. The van der Waals surface area contributed by atoms with Crippen LogP contribution in [0, 0.1) is 6.92 Å². The molecule has 0 saturated heterocycles. The highest BCUT2D eigenvalue weighted by molar-refractivity contribution is 5.94. The van der Waals surface area contributed by atoms with Gasteiger partial charge in [0, 0.05) is 27.1 Å². The van der Waals surface area contributed by atoms with Crippen LogP contribution in [0.4, 0.5) is 5.82 Å². The maximum Gasteiger partial charge on any atom is 0.341 e. The average Bonchev–Trinajstić information content (AvgIpc) is 2.84. The van der Waals surface area contributed by atoms with Crippen LogP contribution in [0.1, 0.15) is 21.9 Å². The van der Waals surface area contributed by atoms with E-state index in [1.807, 2.05) is 0 Å². The maximum absolute atomic E-state index is 11.2. The van der Waals surface area contributed by atoms with Crippen LogP contribution in [0.2, 0.25) is 0 Å². The Morgan fingerprint density at radius 2 is 2.16 bits per heavy atom. The van der Waals surface area contributed by atoms with Crippen LogP contribution < -0.4 is 5.32 Å². The van der Waals surface area contributed by atoms with Gasteiger partial charge in [0.15, 0.2) is 5.82 Å². The molecule has 0 aliphatic rings. The topological polar surface area (TPSA) is 97.9 Å². The summed E-state index contributed by atoms with van der Waals surface area (Å²) < 4.78 is 3.16. The molecule has 0 aromatic carbocycles. The van der Waals surface area contributed by atoms with Crippen LogP contribution in [-0.4, -0.2) is 42.2 Å². The standard InChI is InChI=1S/C11H16N6O2/c1-7-9(11(18)19)10(17(3)14-7)12-5-4-8-13-6-16(2)15-8/h6,12H,4-5H2,1-3H3,(H,18,19). The van der Waals surface area contributed by atoms with Crippen molar-refractivity contribution in [3.8, 4) is 0 Å². The van der Waals surface area contributed by atoms with Crippen molar-refractivity contribution in [2.24, 2.45) is 14.1 Å². The Bertz CT molecular complexity index is 600. The third-order valence-corrected chi connectivity index (χ3v) is 2.72. The van der Waals surface area contributed by atoms with Gasteiger partial charge < -0.3 is 10.4 Å². The summed E-state index contributed by atoms with van der Waals surface area (Å²) in [6.45, 7) is 2.22. The summed E-state index contributed by atoms with van der Waals surface area (Å²) in [7, 11) is 3.51. The third kappa shape index (κ3) is 2.72. The zero-order valence-electron chi connectivity index (χ0n) is 11.1. The van der Waals surface area contributed by atoms with Gasteiger partial charge in [0.25, 0.3) is 0 Å². The number of aryl methyl sites for hydroxylation is 3. The number of aromatic carboxylic acids is 1. The van der Waals surface area contributed by atoms with Gasteiger partial charge in [0.2, 0.25) is 0 Å². The van der Waals surface area contributed by atoms with Crippen LogP contribution >= 0.6 is 0 Å². The Labute approximate surface area is 110 Å². The first-order chi connectivity index (χ1) is 8.99. The molecule has 0 radical (unpaired) electrons. The van der Waals surface area contributed by atoms with Crippen molar-refractivity contribution < 1.29 is 9.90 Å². The van der Waals surface area contributed by atoms with Crippen molar-refractivity contribution in [1.29, 1.82) is 0 Å². The second kappa shape index (κ2) is 5.09. The lowest BCUT2D eigenvalue weighted by atomic mass is 10.2. The van der Waals surface area contributed by atoms with E-state index in [9.17, 15) is 4.79 Å². The van der Waals surface area contributed by atoms with Crippen molar-refractivity contribution in [2.45, 2.75) is 13.3 Å². The van der Waals surface area contributed by atoms with Crippen LogP contribution in [-0.2, 0) is 20.5 Å². The van der Waals surface area contributed by atoms with E-state index in [1.54, 1.807) is 32.0 Å². The predicted octanol–water partition coefficient (Wildman–Crippen LogP) is 0.210. The molecule has 19 heavy (non-hydrogen) atoms. The highest BCUT2D eigenvalue weighted by Crippen LogP contribution is 2.18. The fraction of sp³-hybridized carbons (Fsp3) is 0.455. The minimum Gasteiger partial charge on any atom is -0.477 e. The van der Waals surface area contributed by atoms with Crippen LogP contribution in [0.25, 0.3) is 0 Å². The van der Waals surface area contributed by atoms with Gasteiger partial charge in [-0.05, 0) is 6.92 Å². The summed E-state index contributed by atoms with van der Waals surface area (Å²) >= 11 is 0. The molecule has 2 heterocycles. The zero-order chi connectivity index (χ0) is 14.0. The number of carbonyl (C=O) groups is 1. The Kier molecular flexibility index (Phi) is 3.50. The van der Waals surface area contributed by atoms with Crippen molar-refractivity contribution in [1.82, 2.24) is 24.5 Å². The van der Waals surface area contributed by atoms with Gasteiger partial charge in [-0.25, -0.2) is 9.78 Å². The zero-order valence-corrected chi connectivity index (χ0v) is 11.1. The first kappa shape index (κ1) is 13.1. The average molecular weight is 264 g/mol. The molecule has 0 fully saturated rings. The lowest BCUT2D eigenvalue weighted by Crippen LogP contribution is -2.12. The second-order valence-electron chi connectivity index (χ2n) is 4.25. The van der Waals surface area contributed by atoms with E-state index in [2.05, 4.69) is 20.5 Å². The number of rotatable bonds is 5. The summed E-state index contributed by atoms with van der Waals surface area (Å²) in [4.78, 5) is 15.3. The van der Waals surface area contributed by atoms with Crippen molar-refractivity contribution in [3.05, 3.63) is 23.4 Å². The van der Waals surface area contributed by atoms with Crippen LogP contribution in [0.15, 0.2) is 6.33 Å². The van der Waals surface area contributed by atoms with Crippen LogP contribution in [0.5, 0.6) is 0 Å².